The first-order valence-corrected chi connectivity index (χ1v) is 9.23. The summed E-state index contributed by atoms with van der Waals surface area (Å²) in [7, 11) is -3.53. The van der Waals surface area contributed by atoms with E-state index < -0.39 is 16.1 Å². The summed E-state index contributed by atoms with van der Waals surface area (Å²) < 4.78 is 32.4. The summed E-state index contributed by atoms with van der Waals surface area (Å²) in [5, 5.41) is 2.76. The second kappa shape index (κ2) is 8.31. The third-order valence-corrected chi connectivity index (χ3v) is 4.82. The molecule has 7 heteroatoms. The van der Waals surface area contributed by atoms with E-state index in [9.17, 15) is 13.2 Å². The van der Waals surface area contributed by atoms with Gasteiger partial charge in [0, 0.05) is 12.1 Å². The van der Waals surface area contributed by atoms with Gasteiger partial charge in [-0.2, -0.15) is 0 Å². The topological polar surface area (TPSA) is 84.5 Å². The van der Waals surface area contributed by atoms with Gasteiger partial charge in [-0.3, -0.25) is 4.79 Å². The zero-order valence-electron chi connectivity index (χ0n) is 14.3. The molecule has 0 saturated carbocycles. The zero-order valence-corrected chi connectivity index (χ0v) is 15.1. The summed E-state index contributed by atoms with van der Waals surface area (Å²) in [5.74, 6) is 0.231. The Bertz CT molecular complexity index is 611. The smallest absolute Gasteiger partial charge is 0.260 e. The molecular formula is C16H26N2O4S. The van der Waals surface area contributed by atoms with Gasteiger partial charge in [0.2, 0.25) is 10.0 Å². The maximum Gasteiger partial charge on any atom is 0.260 e. The molecule has 130 valence electrons. The lowest BCUT2D eigenvalue weighted by molar-refractivity contribution is -0.127. The molecule has 1 rings (SSSR count). The maximum absolute atomic E-state index is 12.1. The number of hydrogen-bond donors (Lipinski definition) is 2. The molecule has 23 heavy (non-hydrogen) atoms. The highest BCUT2D eigenvalue weighted by molar-refractivity contribution is 7.89. The summed E-state index contributed by atoms with van der Waals surface area (Å²) in [4.78, 5) is 12.0. The highest BCUT2D eigenvalue weighted by atomic mass is 32.2. The van der Waals surface area contributed by atoms with Crippen molar-refractivity contribution >= 4 is 15.9 Å². The molecule has 1 amide bonds. The molecule has 2 N–H and O–H groups in total. The van der Waals surface area contributed by atoms with Crippen molar-refractivity contribution < 1.29 is 17.9 Å². The predicted molar refractivity (Wildman–Crippen MR) is 89.9 cm³/mol. The average molecular weight is 342 g/mol. The maximum atomic E-state index is 12.1. The fourth-order valence-electron chi connectivity index (χ4n) is 1.77. The van der Waals surface area contributed by atoms with Crippen molar-refractivity contribution in [2.75, 3.05) is 0 Å². The Morgan fingerprint density at radius 2 is 1.70 bits per heavy atom. The van der Waals surface area contributed by atoms with Crippen LogP contribution in [0.5, 0.6) is 5.75 Å². The van der Waals surface area contributed by atoms with E-state index in [1.54, 1.807) is 19.1 Å². The van der Waals surface area contributed by atoms with Crippen LogP contribution < -0.4 is 14.8 Å². The quantitative estimate of drug-likeness (QED) is 0.757. The largest absolute Gasteiger partial charge is 0.481 e. The SMILES string of the molecule is CC[C@@H](C)NS(=O)(=O)c1ccc(O[C@H](C)C(=O)NC(C)C)cc1. The number of rotatable bonds is 8. The number of hydrogen-bond acceptors (Lipinski definition) is 4. The molecule has 0 bridgehead atoms. The Morgan fingerprint density at radius 3 is 2.17 bits per heavy atom. The molecule has 0 saturated heterocycles. The number of nitrogens with one attached hydrogen (secondary N) is 2. The molecule has 0 unspecified atom stereocenters. The summed E-state index contributed by atoms with van der Waals surface area (Å²) >= 11 is 0. The van der Waals surface area contributed by atoms with Crippen LogP contribution in [0.25, 0.3) is 0 Å². The molecule has 2 atom stereocenters. The first-order valence-electron chi connectivity index (χ1n) is 7.75. The Kier molecular flexibility index (Phi) is 7.02. The minimum Gasteiger partial charge on any atom is -0.481 e. The van der Waals surface area contributed by atoms with Crippen molar-refractivity contribution in [3.8, 4) is 5.75 Å². The third kappa shape index (κ3) is 6.19. The van der Waals surface area contributed by atoms with Gasteiger partial charge in [0.1, 0.15) is 5.75 Å². The van der Waals surface area contributed by atoms with Crippen molar-refractivity contribution in [1.82, 2.24) is 10.0 Å². The highest BCUT2D eigenvalue weighted by Crippen LogP contribution is 2.17. The molecule has 0 radical (unpaired) electrons. The van der Waals surface area contributed by atoms with Crippen LogP contribution in [0.1, 0.15) is 41.0 Å². The van der Waals surface area contributed by atoms with E-state index in [0.717, 1.165) is 0 Å². The van der Waals surface area contributed by atoms with Gasteiger partial charge in [-0.15, -0.1) is 0 Å². The molecule has 0 aliphatic carbocycles. The van der Waals surface area contributed by atoms with Gasteiger partial charge >= 0.3 is 0 Å². The van der Waals surface area contributed by atoms with E-state index in [-0.39, 0.29) is 22.9 Å². The van der Waals surface area contributed by atoms with E-state index in [0.29, 0.717) is 12.2 Å². The molecule has 0 fully saturated rings. The van der Waals surface area contributed by atoms with Gasteiger partial charge in [0.05, 0.1) is 4.90 Å². The van der Waals surface area contributed by atoms with Gasteiger partial charge in [0.25, 0.3) is 5.91 Å². The van der Waals surface area contributed by atoms with Crippen molar-refractivity contribution in [1.29, 1.82) is 0 Å². The first kappa shape index (κ1) is 19.4. The Hall–Kier alpha value is -1.60. The standard InChI is InChI=1S/C16H26N2O4S/c1-6-12(4)18-23(20,21)15-9-7-14(8-10-15)22-13(5)16(19)17-11(2)3/h7-13,18H,6H2,1-5H3,(H,17,19)/t12-,13-/m1/s1. The van der Waals surface area contributed by atoms with Crippen LogP contribution in [0.2, 0.25) is 0 Å². The Balaban J connectivity index is 2.75. The molecule has 1 aromatic rings. The van der Waals surface area contributed by atoms with E-state index in [1.807, 2.05) is 27.7 Å². The van der Waals surface area contributed by atoms with E-state index >= 15 is 0 Å². The lowest BCUT2D eigenvalue weighted by Gasteiger charge is -2.17. The summed E-state index contributed by atoms with van der Waals surface area (Å²) in [6.07, 6.45) is 0.0567. The molecule has 0 spiro atoms. The monoisotopic (exact) mass is 342 g/mol. The molecule has 1 aromatic carbocycles. The van der Waals surface area contributed by atoms with Gasteiger partial charge in [-0.25, -0.2) is 13.1 Å². The van der Waals surface area contributed by atoms with Gasteiger partial charge in [-0.05, 0) is 58.4 Å². The molecule has 0 aliphatic heterocycles. The minimum atomic E-state index is -3.53. The lowest BCUT2D eigenvalue weighted by Crippen LogP contribution is -2.40. The summed E-state index contributed by atoms with van der Waals surface area (Å²) in [6.45, 7) is 9.10. The summed E-state index contributed by atoms with van der Waals surface area (Å²) in [5.41, 5.74) is 0. The van der Waals surface area contributed by atoms with Gasteiger partial charge < -0.3 is 10.1 Å². The number of carbonyl (C=O) groups excluding carboxylic acids is 1. The highest BCUT2D eigenvalue weighted by Gasteiger charge is 2.18. The predicted octanol–water partition coefficient (Wildman–Crippen LogP) is 2.06. The fraction of sp³-hybridized carbons (Fsp3) is 0.562. The van der Waals surface area contributed by atoms with Crippen LogP contribution >= 0.6 is 0 Å². The third-order valence-electron chi connectivity index (χ3n) is 3.22. The number of carbonyl (C=O) groups is 1. The average Bonchev–Trinajstić information content (AvgIpc) is 2.46. The zero-order chi connectivity index (χ0) is 17.6. The van der Waals surface area contributed by atoms with E-state index in [2.05, 4.69) is 10.0 Å². The molecule has 0 aromatic heterocycles. The normalized spacial score (nSPS) is 14.3. The van der Waals surface area contributed by atoms with E-state index in [1.165, 1.54) is 12.1 Å². The Labute approximate surface area is 138 Å². The first-order chi connectivity index (χ1) is 10.7. The van der Waals surface area contributed by atoms with Gasteiger partial charge in [-0.1, -0.05) is 6.92 Å². The van der Waals surface area contributed by atoms with E-state index in [4.69, 9.17) is 4.74 Å². The van der Waals surface area contributed by atoms with Crippen molar-refractivity contribution in [3.05, 3.63) is 24.3 Å². The van der Waals surface area contributed by atoms with Crippen molar-refractivity contribution in [2.24, 2.45) is 0 Å². The van der Waals surface area contributed by atoms with Crippen LogP contribution in [0, 0.1) is 0 Å². The fourth-order valence-corrected chi connectivity index (χ4v) is 3.10. The molecule has 0 aliphatic rings. The van der Waals surface area contributed by atoms with Crippen LogP contribution in [-0.2, 0) is 14.8 Å². The number of amides is 1. The second-order valence-electron chi connectivity index (χ2n) is 5.83. The summed E-state index contributed by atoms with van der Waals surface area (Å²) in [6, 6.07) is 5.93. The van der Waals surface area contributed by atoms with Crippen LogP contribution in [0.3, 0.4) is 0 Å². The molecule has 0 heterocycles. The number of benzene rings is 1. The van der Waals surface area contributed by atoms with Crippen molar-refractivity contribution in [3.63, 3.8) is 0 Å². The van der Waals surface area contributed by atoms with Crippen LogP contribution in [-0.4, -0.2) is 32.5 Å². The second-order valence-corrected chi connectivity index (χ2v) is 7.54. The lowest BCUT2D eigenvalue weighted by atomic mass is 10.3. The van der Waals surface area contributed by atoms with Gasteiger partial charge in [0.15, 0.2) is 6.10 Å². The van der Waals surface area contributed by atoms with Crippen LogP contribution in [0.15, 0.2) is 29.2 Å². The number of ether oxygens (including phenoxy) is 1. The Morgan fingerprint density at radius 1 is 1.13 bits per heavy atom. The van der Waals surface area contributed by atoms with Crippen LogP contribution in [0.4, 0.5) is 0 Å². The number of sulfonamides is 1. The molecular weight excluding hydrogens is 316 g/mol. The molecule has 6 nitrogen and oxygen atoms in total. The minimum absolute atomic E-state index is 0.0349. The van der Waals surface area contributed by atoms with Crippen molar-refractivity contribution in [2.45, 2.75) is 64.1 Å².